The molecule has 0 heterocycles. The first-order valence-corrected chi connectivity index (χ1v) is 10.7. The average Bonchev–Trinajstić information content (AvgIpc) is 2.69. The summed E-state index contributed by atoms with van der Waals surface area (Å²) >= 11 is 0. The number of hydrogen-bond acceptors (Lipinski definition) is 4. The molecule has 0 amide bonds. The molecule has 0 aliphatic heterocycles. The Hall–Kier alpha value is -3.07. The SMILES string of the molecule is CN(C)c1ccc(/C=C/C(/C=C/c2ccc(N(C)C)cc2)=NS(=O)(=O)C(F)(F)F)cc1. The molecular weight excluding hydrogens is 427 g/mol. The van der Waals surface area contributed by atoms with Gasteiger partial charge in [0, 0.05) is 39.6 Å². The maximum absolute atomic E-state index is 12.8. The topological polar surface area (TPSA) is 53.0 Å². The molecule has 0 unspecified atom stereocenters. The summed E-state index contributed by atoms with van der Waals surface area (Å²) in [5.74, 6) is 0. The summed E-state index contributed by atoms with van der Waals surface area (Å²) in [5.41, 5.74) is -2.54. The highest BCUT2D eigenvalue weighted by molar-refractivity contribution is 7.91. The van der Waals surface area contributed by atoms with E-state index in [9.17, 15) is 21.6 Å². The molecule has 0 saturated carbocycles. The summed E-state index contributed by atoms with van der Waals surface area (Å²) in [6.45, 7) is 0. The minimum absolute atomic E-state index is 0.342. The molecular formula is C22H24F3N3O2S. The first kappa shape index (κ1) is 24.2. The second-order valence-electron chi connectivity index (χ2n) is 7.08. The van der Waals surface area contributed by atoms with Gasteiger partial charge in [-0.3, -0.25) is 0 Å². The fourth-order valence-electron chi connectivity index (χ4n) is 2.44. The molecule has 0 atom stereocenters. The Bertz CT molecular complexity index is 1000. The normalized spacial score (nSPS) is 12.4. The highest BCUT2D eigenvalue weighted by Gasteiger charge is 2.46. The maximum atomic E-state index is 12.8. The minimum atomic E-state index is -5.67. The van der Waals surface area contributed by atoms with Crippen LogP contribution in [0.3, 0.4) is 0 Å². The third-order valence-corrected chi connectivity index (χ3v) is 5.27. The zero-order valence-electron chi connectivity index (χ0n) is 17.6. The Kier molecular flexibility index (Phi) is 7.67. The van der Waals surface area contributed by atoms with Crippen LogP contribution < -0.4 is 9.80 Å². The number of alkyl halides is 3. The highest BCUT2D eigenvalue weighted by atomic mass is 32.2. The van der Waals surface area contributed by atoms with Crippen molar-refractivity contribution in [3.63, 3.8) is 0 Å². The van der Waals surface area contributed by atoms with Crippen LogP contribution in [0.2, 0.25) is 0 Å². The van der Waals surface area contributed by atoms with Crippen LogP contribution in [0.15, 0.2) is 65.1 Å². The number of nitrogens with zero attached hydrogens (tertiary/aromatic N) is 3. The maximum Gasteiger partial charge on any atom is 0.518 e. The molecule has 0 aromatic heterocycles. The Balaban J connectivity index is 2.36. The van der Waals surface area contributed by atoms with Gasteiger partial charge in [0.2, 0.25) is 0 Å². The largest absolute Gasteiger partial charge is 0.518 e. The lowest BCUT2D eigenvalue weighted by Gasteiger charge is -2.11. The van der Waals surface area contributed by atoms with E-state index in [1.54, 1.807) is 24.3 Å². The Morgan fingerprint density at radius 2 is 1.13 bits per heavy atom. The van der Waals surface area contributed by atoms with Gasteiger partial charge in [-0.15, -0.1) is 0 Å². The van der Waals surface area contributed by atoms with Gasteiger partial charge < -0.3 is 9.80 Å². The van der Waals surface area contributed by atoms with Crippen LogP contribution in [0.25, 0.3) is 12.2 Å². The number of anilines is 2. The summed E-state index contributed by atoms with van der Waals surface area (Å²) in [5, 5.41) is 0. The van der Waals surface area contributed by atoms with Gasteiger partial charge in [-0.25, -0.2) is 0 Å². The fraction of sp³-hybridized carbons (Fsp3) is 0.227. The highest BCUT2D eigenvalue weighted by Crippen LogP contribution is 2.25. The molecule has 0 bridgehead atoms. The number of rotatable bonds is 7. The summed E-state index contributed by atoms with van der Waals surface area (Å²) in [4.78, 5) is 3.81. The van der Waals surface area contributed by atoms with Crippen molar-refractivity contribution >= 4 is 39.3 Å². The van der Waals surface area contributed by atoms with E-state index >= 15 is 0 Å². The van der Waals surface area contributed by atoms with Gasteiger partial charge in [0.1, 0.15) is 0 Å². The molecule has 5 nitrogen and oxygen atoms in total. The first-order valence-electron chi connectivity index (χ1n) is 9.21. The lowest BCUT2D eigenvalue weighted by atomic mass is 10.1. The number of benzene rings is 2. The van der Waals surface area contributed by atoms with Gasteiger partial charge in [-0.2, -0.15) is 26.0 Å². The third-order valence-electron chi connectivity index (χ3n) is 4.23. The van der Waals surface area contributed by atoms with E-state index in [0.29, 0.717) is 11.1 Å². The second kappa shape index (κ2) is 9.82. The van der Waals surface area contributed by atoms with Crippen molar-refractivity contribution in [3.05, 3.63) is 71.8 Å². The molecule has 166 valence electrons. The van der Waals surface area contributed by atoms with Crippen LogP contribution in [-0.2, 0) is 10.0 Å². The number of halogens is 3. The average molecular weight is 452 g/mol. The van der Waals surface area contributed by atoms with Crippen molar-refractivity contribution in [1.29, 1.82) is 0 Å². The van der Waals surface area contributed by atoms with Gasteiger partial charge in [-0.05, 0) is 47.5 Å². The number of allylic oxidation sites excluding steroid dienone is 2. The summed E-state index contributed by atoms with van der Waals surface area (Å²) in [6, 6.07) is 14.4. The minimum Gasteiger partial charge on any atom is -0.378 e. The van der Waals surface area contributed by atoms with E-state index in [1.807, 2.05) is 62.3 Å². The van der Waals surface area contributed by atoms with E-state index in [2.05, 4.69) is 4.40 Å². The predicted octanol–water partition coefficient (Wildman–Crippen LogP) is 4.84. The molecule has 0 fully saturated rings. The van der Waals surface area contributed by atoms with Crippen LogP contribution in [-0.4, -0.2) is 47.8 Å². The summed E-state index contributed by atoms with van der Waals surface area (Å²) in [6.07, 6.45) is 5.48. The van der Waals surface area contributed by atoms with Gasteiger partial charge in [0.25, 0.3) is 0 Å². The molecule has 31 heavy (non-hydrogen) atoms. The molecule has 2 aromatic carbocycles. The number of hydrogen-bond donors (Lipinski definition) is 0. The van der Waals surface area contributed by atoms with E-state index in [-0.39, 0.29) is 5.71 Å². The number of sulfonamides is 1. The van der Waals surface area contributed by atoms with E-state index < -0.39 is 15.5 Å². The molecule has 0 saturated heterocycles. The molecule has 2 rings (SSSR count). The zero-order valence-corrected chi connectivity index (χ0v) is 18.4. The van der Waals surface area contributed by atoms with Crippen LogP contribution in [0, 0.1) is 0 Å². The Morgan fingerprint density at radius 3 is 1.42 bits per heavy atom. The summed E-state index contributed by atoms with van der Waals surface area (Å²) in [7, 11) is 1.86. The molecule has 2 aromatic rings. The van der Waals surface area contributed by atoms with E-state index in [0.717, 1.165) is 11.4 Å². The van der Waals surface area contributed by atoms with Crippen molar-refractivity contribution < 1.29 is 21.6 Å². The molecule has 0 aliphatic carbocycles. The van der Waals surface area contributed by atoms with Crippen molar-refractivity contribution in [2.45, 2.75) is 5.51 Å². The van der Waals surface area contributed by atoms with Crippen molar-refractivity contribution in [3.8, 4) is 0 Å². The lowest BCUT2D eigenvalue weighted by Crippen LogP contribution is -2.21. The van der Waals surface area contributed by atoms with Crippen LogP contribution in [0.5, 0.6) is 0 Å². The lowest BCUT2D eigenvalue weighted by molar-refractivity contribution is -0.0435. The van der Waals surface area contributed by atoms with Crippen LogP contribution in [0.1, 0.15) is 11.1 Å². The molecule has 0 spiro atoms. The second-order valence-corrected chi connectivity index (χ2v) is 8.67. The smallest absolute Gasteiger partial charge is 0.378 e. The Labute approximate surface area is 180 Å². The van der Waals surface area contributed by atoms with E-state index in [4.69, 9.17) is 0 Å². The molecule has 9 heteroatoms. The quantitative estimate of drug-likeness (QED) is 0.566. The van der Waals surface area contributed by atoms with Crippen LogP contribution in [0.4, 0.5) is 24.5 Å². The summed E-state index contributed by atoms with van der Waals surface area (Å²) < 4.78 is 64.5. The van der Waals surface area contributed by atoms with Gasteiger partial charge in [0.15, 0.2) is 0 Å². The third kappa shape index (κ3) is 6.99. The van der Waals surface area contributed by atoms with Crippen molar-refractivity contribution in [2.24, 2.45) is 4.40 Å². The molecule has 0 aliphatic rings. The molecule has 0 N–H and O–H groups in total. The van der Waals surface area contributed by atoms with Crippen LogP contribution >= 0.6 is 0 Å². The van der Waals surface area contributed by atoms with Crippen molar-refractivity contribution in [1.82, 2.24) is 0 Å². The van der Waals surface area contributed by atoms with Gasteiger partial charge in [-0.1, -0.05) is 36.4 Å². The van der Waals surface area contributed by atoms with Crippen molar-refractivity contribution in [2.75, 3.05) is 38.0 Å². The zero-order chi connectivity index (χ0) is 23.2. The fourth-order valence-corrected chi connectivity index (χ4v) is 2.94. The van der Waals surface area contributed by atoms with Gasteiger partial charge in [0.05, 0.1) is 5.71 Å². The molecule has 0 radical (unpaired) electrons. The van der Waals surface area contributed by atoms with E-state index in [1.165, 1.54) is 24.3 Å². The first-order chi connectivity index (χ1) is 14.4. The predicted molar refractivity (Wildman–Crippen MR) is 122 cm³/mol. The standard InChI is InChI=1S/C22H24F3N3O2S/c1-27(2)20-13-7-17(8-14-20)5-11-19(26-31(29,30)22(23,24)25)12-6-18-9-15-21(16-10-18)28(3)4/h5-16H,1-4H3/b11-5+,12-6+. The Morgan fingerprint density at radius 1 is 0.774 bits per heavy atom. The monoisotopic (exact) mass is 451 g/mol. The van der Waals surface area contributed by atoms with Gasteiger partial charge >= 0.3 is 15.5 Å².